The second-order valence-electron chi connectivity index (χ2n) is 13.8. The molecule has 5 heterocycles. The molecule has 1 atom stereocenters. The van der Waals surface area contributed by atoms with E-state index in [1.165, 1.54) is 20.9 Å². The fourth-order valence-corrected chi connectivity index (χ4v) is 9.98. The van der Waals surface area contributed by atoms with E-state index in [2.05, 4.69) is 119 Å². The van der Waals surface area contributed by atoms with Crippen molar-refractivity contribution in [1.82, 2.24) is 9.97 Å². The van der Waals surface area contributed by atoms with Crippen LogP contribution in [0.2, 0.25) is 0 Å². The van der Waals surface area contributed by atoms with Gasteiger partial charge in [0.05, 0.1) is 51.4 Å². The zero-order chi connectivity index (χ0) is 35.4. The maximum absolute atomic E-state index is 6.42. The van der Waals surface area contributed by atoms with Gasteiger partial charge in [-0.1, -0.05) is 84.6 Å². The van der Waals surface area contributed by atoms with Gasteiger partial charge in [-0.3, -0.25) is 9.97 Å². The van der Waals surface area contributed by atoms with Crippen LogP contribution in [-0.4, -0.2) is 9.97 Å². The molecule has 7 heteroatoms. The third-order valence-corrected chi connectivity index (χ3v) is 12.1. The Labute approximate surface area is 315 Å². The minimum absolute atomic E-state index is 0.703. The van der Waals surface area contributed by atoms with Crippen LogP contribution in [0.3, 0.4) is 0 Å². The van der Waals surface area contributed by atoms with Crippen molar-refractivity contribution in [2.45, 2.75) is 15.2 Å². The van der Waals surface area contributed by atoms with Gasteiger partial charge in [0.1, 0.15) is 0 Å². The molecule has 1 unspecified atom stereocenters. The van der Waals surface area contributed by atoms with E-state index in [0.717, 1.165) is 79.6 Å². The lowest BCUT2D eigenvalue weighted by Crippen LogP contribution is -2.32. The molecule has 0 bridgehead atoms. The topological polar surface area (TPSA) is 50.7 Å². The van der Waals surface area contributed by atoms with E-state index >= 15 is 0 Å². The highest BCUT2D eigenvalue weighted by Gasteiger charge is 2.52. The second-order valence-corrected chi connectivity index (χ2v) is 14.8. The molecule has 0 N–H and O–H groups in total. The van der Waals surface area contributed by atoms with Crippen LogP contribution in [-0.2, 0) is 5.41 Å². The highest BCUT2D eigenvalue weighted by molar-refractivity contribution is 7.99. The molecule has 6 nitrogen and oxygen atoms in total. The molecule has 1 spiro atoms. The van der Waals surface area contributed by atoms with E-state index in [1.807, 2.05) is 72.7 Å². The number of para-hydroxylation sites is 8. The number of aromatic nitrogens is 2. The van der Waals surface area contributed by atoms with Crippen LogP contribution in [0.5, 0.6) is 23.0 Å². The zero-order valence-corrected chi connectivity index (χ0v) is 29.5. The van der Waals surface area contributed by atoms with Crippen LogP contribution >= 0.6 is 11.8 Å². The van der Waals surface area contributed by atoms with Crippen LogP contribution in [0.15, 0.2) is 180 Å². The molecule has 12 rings (SSSR count). The molecule has 4 aliphatic rings. The number of hydrogen-bond donors (Lipinski definition) is 0. The third kappa shape index (κ3) is 3.96. The Bertz CT molecular complexity index is 2780. The number of nitrogens with zero attached hydrogens (tertiary/aromatic N) is 4. The second kappa shape index (κ2) is 11.1. The van der Waals surface area contributed by atoms with Crippen molar-refractivity contribution in [3.8, 4) is 34.4 Å². The van der Waals surface area contributed by atoms with Crippen LogP contribution in [0.25, 0.3) is 11.4 Å². The monoisotopic (exact) mass is 712 g/mol. The minimum atomic E-state index is -0.703. The average Bonchev–Trinajstić information content (AvgIpc) is 3.52. The smallest absolute Gasteiger partial charge is 0.151 e. The van der Waals surface area contributed by atoms with Gasteiger partial charge in [0, 0.05) is 27.2 Å². The summed E-state index contributed by atoms with van der Waals surface area (Å²) < 4.78 is 12.8. The van der Waals surface area contributed by atoms with Gasteiger partial charge in [-0.2, -0.15) is 0 Å². The van der Waals surface area contributed by atoms with Crippen molar-refractivity contribution >= 4 is 45.9 Å². The van der Waals surface area contributed by atoms with Gasteiger partial charge in [0.25, 0.3) is 0 Å². The predicted molar refractivity (Wildman–Crippen MR) is 213 cm³/mol. The quantitative estimate of drug-likeness (QED) is 0.177. The van der Waals surface area contributed by atoms with Crippen LogP contribution in [0, 0.1) is 0 Å². The fourth-order valence-electron chi connectivity index (χ4n) is 8.81. The summed E-state index contributed by atoms with van der Waals surface area (Å²) in [5, 5.41) is 0. The summed E-state index contributed by atoms with van der Waals surface area (Å²) in [4.78, 5) is 17.4. The molecule has 6 aromatic carbocycles. The molecule has 0 fully saturated rings. The molecule has 254 valence electrons. The van der Waals surface area contributed by atoms with Crippen LogP contribution in [0.4, 0.5) is 34.1 Å². The van der Waals surface area contributed by atoms with Gasteiger partial charge >= 0.3 is 0 Å². The van der Waals surface area contributed by atoms with Crippen molar-refractivity contribution < 1.29 is 9.47 Å². The SMILES string of the molecule is c1ccc2c(c1)Oc1ccccc1N2c1ccc2c(c1)C1(c3ccccc3S2)c2cccnc2-c2ncc(N3c4ccccc4Oc4ccccc43)cc21. The predicted octanol–water partition coefficient (Wildman–Crippen LogP) is 12.5. The maximum Gasteiger partial charge on any atom is 0.151 e. The van der Waals surface area contributed by atoms with E-state index in [9.17, 15) is 0 Å². The molecule has 0 radical (unpaired) electrons. The number of rotatable bonds is 2. The molecular formula is C47H28N4O2S. The Hall–Kier alpha value is -6.83. The van der Waals surface area contributed by atoms with Gasteiger partial charge in [-0.15, -0.1) is 0 Å². The van der Waals surface area contributed by atoms with Gasteiger partial charge in [-0.05, 0) is 102 Å². The first-order chi connectivity index (χ1) is 26.8. The van der Waals surface area contributed by atoms with E-state index < -0.39 is 5.41 Å². The minimum Gasteiger partial charge on any atom is -0.453 e. The van der Waals surface area contributed by atoms with E-state index in [4.69, 9.17) is 19.4 Å². The lowest BCUT2D eigenvalue weighted by molar-refractivity contribution is 0.476. The van der Waals surface area contributed by atoms with E-state index in [1.54, 1.807) is 0 Å². The standard InChI is InChI=1S/C47H28N4O2S/c1-10-22-43-31(12-1)47(33-26-29(23-24-44(33)54-43)50-35-14-2-6-18-39(35)52-40-19-7-3-15-36(40)50)32-13-11-25-48-45(32)46-34(47)27-30(28-49-46)51-37-16-4-8-20-41(37)53-42-21-9-5-17-38(42)51/h1-28H. The number of benzene rings is 6. The van der Waals surface area contributed by atoms with Gasteiger partial charge in [0.2, 0.25) is 0 Å². The van der Waals surface area contributed by atoms with E-state index in [-0.39, 0.29) is 0 Å². The van der Waals surface area contributed by atoms with Crippen LogP contribution in [0.1, 0.15) is 22.3 Å². The van der Waals surface area contributed by atoms with Crippen molar-refractivity contribution in [3.05, 3.63) is 192 Å². The molecule has 0 saturated heterocycles. The van der Waals surface area contributed by atoms with E-state index in [0.29, 0.717) is 0 Å². The summed E-state index contributed by atoms with van der Waals surface area (Å²) in [5.41, 5.74) is 11.7. The highest BCUT2D eigenvalue weighted by Crippen LogP contribution is 2.63. The number of hydrogen-bond acceptors (Lipinski definition) is 7. The Morgan fingerprint density at radius 1 is 0.426 bits per heavy atom. The summed E-state index contributed by atoms with van der Waals surface area (Å²) in [5.74, 6) is 3.25. The number of anilines is 6. The lowest BCUT2D eigenvalue weighted by Gasteiger charge is -2.41. The zero-order valence-electron chi connectivity index (χ0n) is 28.7. The van der Waals surface area contributed by atoms with Gasteiger partial charge in [-0.25, -0.2) is 0 Å². The number of fused-ring (bicyclic) bond motifs is 13. The molecule has 2 aromatic heterocycles. The molecular weight excluding hydrogens is 685 g/mol. The molecule has 3 aliphatic heterocycles. The van der Waals surface area contributed by atoms with Gasteiger partial charge in [0.15, 0.2) is 23.0 Å². The first kappa shape index (κ1) is 29.7. The summed E-state index contributed by atoms with van der Waals surface area (Å²) >= 11 is 1.82. The first-order valence-corrected chi connectivity index (χ1v) is 18.8. The number of ether oxygens (including phenoxy) is 2. The van der Waals surface area contributed by atoms with Crippen molar-refractivity contribution in [2.75, 3.05) is 9.80 Å². The molecule has 0 saturated carbocycles. The first-order valence-electron chi connectivity index (χ1n) is 18.0. The van der Waals surface area contributed by atoms with Crippen molar-refractivity contribution in [3.63, 3.8) is 0 Å². The molecule has 1 aliphatic carbocycles. The average molecular weight is 713 g/mol. The largest absolute Gasteiger partial charge is 0.453 e. The third-order valence-electron chi connectivity index (χ3n) is 11.0. The Kier molecular flexibility index (Phi) is 6.10. The molecule has 0 amide bonds. The summed E-state index contributed by atoms with van der Waals surface area (Å²) in [6, 6.07) is 55.3. The Morgan fingerprint density at radius 3 is 1.57 bits per heavy atom. The molecule has 8 aromatic rings. The number of pyridine rings is 2. The summed E-state index contributed by atoms with van der Waals surface area (Å²) in [6.07, 6.45) is 3.87. The van der Waals surface area contributed by atoms with Gasteiger partial charge < -0.3 is 19.3 Å². The summed E-state index contributed by atoms with van der Waals surface area (Å²) in [6.45, 7) is 0. The van der Waals surface area contributed by atoms with Crippen LogP contribution < -0.4 is 19.3 Å². The Morgan fingerprint density at radius 2 is 0.926 bits per heavy atom. The fraction of sp³-hybridized carbons (Fsp3) is 0.0213. The molecule has 54 heavy (non-hydrogen) atoms. The Balaban J connectivity index is 1.15. The maximum atomic E-state index is 6.42. The van der Waals surface area contributed by atoms with Crippen molar-refractivity contribution in [1.29, 1.82) is 0 Å². The lowest BCUT2D eigenvalue weighted by atomic mass is 9.67. The normalized spacial score (nSPS) is 16.4. The summed E-state index contributed by atoms with van der Waals surface area (Å²) in [7, 11) is 0. The highest BCUT2D eigenvalue weighted by atomic mass is 32.2. The van der Waals surface area contributed by atoms with Crippen molar-refractivity contribution in [2.24, 2.45) is 0 Å².